The summed E-state index contributed by atoms with van der Waals surface area (Å²) < 4.78 is 35.4. The van der Waals surface area contributed by atoms with Crippen molar-refractivity contribution in [2.24, 2.45) is 23.7 Å². The Morgan fingerprint density at radius 1 is 0.703 bits per heavy atom. The highest BCUT2D eigenvalue weighted by Gasteiger charge is 2.33. The minimum atomic E-state index is -0.787. The lowest BCUT2D eigenvalue weighted by Gasteiger charge is -2.39. The van der Waals surface area contributed by atoms with Crippen LogP contribution in [0.5, 0.6) is 5.75 Å². The number of benzene rings is 1. The maximum atomic E-state index is 15.0. The van der Waals surface area contributed by atoms with E-state index in [9.17, 15) is 4.39 Å². The third kappa shape index (κ3) is 9.54. The quantitative estimate of drug-likeness (QED) is 0.198. The summed E-state index contributed by atoms with van der Waals surface area (Å²) in [5, 5.41) is 0. The standard InChI is InChI=1S/C34H56F2O/c1-4-6-8-10-11-13-25-37-32-24-23-31(33(35)34(32)36)30-21-19-29(20-22-30)26(3)28-17-15-27(16-18-28)14-12-9-7-5-2/h23-24,26-30H,4-22,25H2,1-3H3/t26?,27?,28?,29-,30-. The zero-order valence-corrected chi connectivity index (χ0v) is 24.3. The van der Waals surface area contributed by atoms with E-state index in [2.05, 4.69) is 20.8 Å². The Balaban J connectivity index is 1.39. The number of hydrogen-bond donors (Lipinski definition) is 0. The molecule has 0 heterocycles. The highest BCUT2D eigenvalue weighted by atomic mass is 19.2. The summed E-state index contributed by atoms with van der Waals surface area (Å²) in [6.07, 6.45) is 23.8. The average Bonchev–Trinajstić information content (AvgIpc) is 2.93. The lowest BCUT2D eigenvalue weighted by atomic mass is 9.66. The molecule has 0 amide bonds. The van der Waals surface area contributed by atoms with Gasteiger partial charge in [-0.05, 0) is 86.2 Å². The molecule has 2 aliphatic rings. The fraction of sp³-hybridized carbons (Fsp3) is 0.824. The maximum Gasteiger partial charge on any atom is 0.200 e. The molecule has 0 spiro atoms. The maximum absolute atomic E-state index is 15.0. The van der Waals surface area contributed by atoms with E-state index in [-0.39, 0.29) is 11.7 Å². The van der Waals surface area contributed by atoms with E-state index >= 15 is 4.39 Å². The fourth-order valence-corrected chi connectivity index (χ4v) is 7.24. The summed E-state index contributed by atoms with van der Waals surface area (Å²) in [6, 6.07) is 3.46. The van der Waals surface area contributed by atoms with Crippen molar-refractivity contribution >= 4 is 0 Å². The second-order valence-electron chi connectivity index (χ2n) is 12.5. The molecule has 1 unspecified atom stereocenters. The highest BCUT2D eigenvalue weighted by Crippen LogP contribution is 2.45. The fourth-order valence-electron chi connectivity index (χ4n) is 7.24. The first-order valence-electron chi connectivity index (χ1n) is 16.2. The number of rotatable bonds is 16. The Morgan fingerprint density at radius 2 is 1.27 bits per heavy atom. The molecule has 1 aromatic carbocycles. The van der Waals surface area contributed by atoms with Gasteiger partial charge in [-0.25, -0.2) is 4.39 Å². The van der Waals surface area contributed by atoms with Gasteiger partial charge in [-0.15, -0.1) is 0 Å². The molecule has 0 aliphatic heterocycles. The second kappa shape index (κ2) is 16.8. The molecule has 0 N–H and O–H groups in total. The molecule has 2 saturated carbocycles. The van der Waals surface area contributed by atoms with Gasteiger partial charge < -0.3 is 4.74 Å². The third-order valence-electron chi connectivity index (χ3n) is 9.89. The number of ether oxygens (including phenoxy) is 1. The lowest BCUT2D eigenvalue weighted by Crippen LogP contribution is -2.28. The van der Waals surface area contributed by atoms with Crippen molar-refractivity contribution in [3.8, 4) is 5.75 Å². The van der Waals surface area contributed by atoms with Crippen molar-refractivity contribution in [3.05, 3.63) is 29.3 Å². The molecular formula is C34H56F2O. The largest absolute Gasteiger partial charge is 0.490 e. The SMILES string of the molecule is CCCCCCCCOc1ccc([C@H]2CC[C@H](C(C)C3CCC(CCCCCC)CC3)CC2)c(F)c1F. The van der Waals surface area contributed by atoms with Gasteiger partial charge in [0.05, 0.1) is 6.61 Å². The van der Waals surface area contributed by atoms with E-state index in [0.29, 0.717) is 12.2 Å². The van der Waals surface area contributed by atoms with Crippen LogP contribution in [-0.4, -0.2) is 6.61 Å². The normalized spacial score (nSPS) is 25.2. The van der Waals surface area contributed by atoms with Gasteiger partial charge in [-0.1, -0.05) is 104 Å². The first-order chi connectivity index (χ1) is 18.0. The molecule has 37 heavy (non-hydrogen) atoms. The summed E-state index contributed by atoms with van der Waals surface area (Å²) in [6.45, 7) is 7.44. The van der Waals surface area contributed by atoms with Crippen molar-refractivity contribution < 1.29 is 13.5 Å². The molecule has 1 atom stereocenters. The molecular weight excluding hydrogens is 462 g/mol. The second-order valence-corrected chi connectivity index (χ2v) is 12.5. The molecule has 0 saturated heterocycles. The minimum Gasteiger partial charge on any atom is -0.490 e. The summed E-state index contributed by atoms with van der Waals surface area (Å²) in [4.78, 5) is 0. The van der Waals surface area contributed by atoms with Crippen LogP contribution in [0.25, 0.3) is 0 Å². The van der Waals surface area contributed by atoms with Gasteiger partial charge in [0, 0.05) is 0 Å². The van der Waals surface area contributed by atoms with Gasteiger partial charge >= 0.3 is 0 Å². The van der Waals surface area contributed by atoms with Crippen LogP contribution >= 0.6 is 0 Å². The molecule has 3 heteroatoms. The van der Waals surface area contributed by atoms with E-state index in [1.54, 1.807) is 12.1 Å². The van der Waals surface area contributed by atoms with Crippen LogP contribution in [0.15, 0.2) is 12.1 Å². The monoisotopic (exact) mass is 518 g/mol. The molecule has 3 rings (SSSR count). The van der Waals surface area contributed by atoms with E-state index in [4.69, 9.17) is 4.74 Å². The van der Waals surface area contributed by atoms with Crippen LogP contribution < -0.4 is 4.74 Å². The molecule has 212 valence electrons. The van der Waals surface area contributed by atoms with Crippen LogP contribution in [0.3, 0.4) is 0 Å². The topological polar surface area (TPSA) is 9.23 Å². The molecule has 0 bridgehead atoms. The molecule has 1 nitrogen and oxygen atoms in total. The van der Waals surface area contributed by atoms with Crippen molar-refractivity contribution in [1.29, 1.82) is 0 Å². The number of hydrogen-bond acceptors (Lipinski definition) is 1. The highest BCUT2D eigenvalue weighted by molar-refractivity contribution is 5.33. The zero-order chi connectivity index (χ0) is 26.5. The smallest absolute Gasteiger partial charge is 0.200 e. The Morgan fingerprint density at radius 3 is 1.92 bits per heavy atom. The molecule has 1 aromatic rings. The predicted molar refractivity (Wildman–Crippen MR) is 153 cm³/mol. The van der Waals surface area contributed by atoms with Gasteiger partial charge in [0.2, 0.25) is 5.82 Å². The van der Waals surface area contributed by atoms with E-state index in [0.717, 1.165) is 62.2 Å². The van der Waals surface area contributed by atoms with Crippen molar-refractivity contribution in [1.82, 2.24) is 0 Å². The first kappa shape index (κ1) is 30.4. The summed E-state index contributed by atoms with van der Waals surface area (Å²) in [5.41, 5.74) is 0.569. The molecule has 2 fully saturated rings. The summed E-state index contributed by atoms with van der Waals surface area (Å²) in [7, 11) is 0. The van der Waals surface area contributed by atoms with Gasteiger partial charge in [0.1, 0.15) is 0 Å². The van der Waals surface area contributed by atoms with Gasteiger partial charge in [-0.2, -0.15) is 4.39 Å². The van der Waals surface area contributed by atoms with Crippen LogP contribution in [0, 0.1) is 35.3 Å². The Hall–Kier alpha value is -1.12. The van der Waals surface area contributed by atoms with Crippen molar-refractivity contribution in [2.45, 2.75) is 149 Å². The van der Waals surface area contributed by atoms with Gasteiger partial charge in [-0.3, -0.25) is 0 Å². The van der Waals surface area contributed by atoms with Gasteiger partial charge in [0.15, 0.2) is 11.6 Å². The Bertz CT molecular complexity index is 746. The predicted octanol–water partition coefficient (Wildman–Crippen LogP) is 11.4. The van der Waals surface area contributed by atoms with Crippen LogP contribution in [0.1, 0.15) is 154 Å². The van der Waals surface area contributed by atoms with Crippen LogP contribution in [0.2, 0.25) is 0 Å². The summed E-state index contributed by atoms with van der Waals surface area (Å²) in [5.74, 6) is 2.11. The lowest BCUT2D eigenvalue weighted by molar-refractivity contribution is 0.131. The molecule has 0 aromatic heterocycles. The van der Waals surface area contributed by atoms with Gasteiger partial charge in [0.25, 0.3) is 0 Å². The number of unbranched alkanes of at least 4 members (excludes halogenated alkanes) is 8. The summed E-state index contributed by atoms with van der Waals surface area (Å²) >= 11 is 0. The van der Waals surface area contributed by atoms with Crippen molar-refractivity contribution in [2.75, 3.05) is 6.61 Å². The number of halogens is 2. The van der Waals surface area contributed by atoms with E-state index in [1.807, 2.05) is 0 Å². The van der Waals surface area contributed by atoms with Crippen molar-refractivity contribution in [3.63, 3.8) is 0 Å². The van der Waals surface area contributed by atoms with Crippen LogP contribution in [0.4, 0.5) is 8.78 Å². The average molecular weight is 519 g/mol. The molecule has 0 radical (unpaired) electrons. The Labute approximate surface area is 227 Å². The van der Waals surface area contributed by atoms with E-state index in [1.165, 1.54) is 83.5 Å². The van der Waals surface area contributed by atoms with Crippen LogP contribution in [-0.2, 0) is 0 Å². The third-order valence-corrected chi connectivity index (χ3v) is 9.89. The molecule has 2 aliphatic carbocycles. The minimum absolute atomic E-state index is 0.0816. The zero-order valence-electron chi connectivity index (χ0n) is 24.3. The van der Waals surface area contributed by atoms with E-state index < -0.39 is 11.6 Å². The first-order valence-corrected chi connectivity index (χ1v) is 16.2. The Kier molecular flexibility index (Phi) is 13.8.